The molecule has 212 valence electrons. The van der Waals surface area contributed by atoms with Gasteiger partial charge in [0.05, 0.1) is 0 Å². The highest BCUT2D eigenvalue weighted by atomic mass is 15.2. The minimum Gasteiger partial charge on any atom is -0.398 e. The van der Waals surface area contributed by atoms with Gasteiger partial charge in [-0.15, -0.1) is 0 Å². The molecule has 1 aliphatic heterocycles. The van der Waals surface area contributed by atoms with Crippen LogP contribution in [-0.4, -0.2) is 11.7 Å². The molecule has 1 aliphatic rings. The number of benzene rings is 6. The Bertz CT molecular complexity index is 2040. The van der Waals surface area contributed by atoms with E-state index in [1.165, 1.54) is 21.9 Å². The standard InChI is InChI=1S/C40H32N4/c1-2-12-36-34(19-11-20-37(36)41)35-26-25-31(32-17-9-10-18-33(32)35)27-21-23-30(24-22-27)40-43-38(28-13-5-3-6-14-28)42-39(44-40)29-15-7-4-8-16-29/h2-26,40H,41H2,1H3,(H,42,43,44)/b12-2-. The van der Waals surface area contributed by atoms with E-state index in [1.54, 1.807) is 0 Å². The van der Waals surface area contributed by atoms with Crippen LogP contribution < -0.4 is 11.1 Å². The van der Waals surface area contributed by atoms with Crippen LogP contribution in [0.5, 0.6) is 0 Å². The molecule has 6 aromatic carbocycles. The SMILES string of the molecule is C/C=C\c1c(N)cccc1-c1ccc(-c2ccc(C3N=C(c4ccccc4)N=C(c4ccccc4)N3)cc2)c2ccccc12. The molecule has 0 aliphatic carbocycles. The molecule has 1 heterocycles. The fraction of sp³-hybridized carbons (Fsp3) is 0.0500. The summed E-state index contributed by atoms with van der Waals surface area (Å²) < 4.78 is 0. The minimum atomic E-state index is -0.264. The second-order valence-corrected chi connectivity index (χ2v) is 10.8. The van der Waals surface area contributed by atoms with Crippen molar-refractivity contribution in [3.8, 4) is 22.3 Å². The molecule has 0 aromatic heterocycles. The van der Waals surface area contributed by atoms with Crippen LogP contribution in [0.15, 0.2) is 156 Å². The average molecular weight is 569 g/mol. The van der Waals surface area contributed by atoms with E-state index >= 15 is 0 Å². The van der Waals surface area contributed by atoms with Crippen molar-refractivity contribution in [1.29, 1.82) is 0 Å². The van der Waals surface area contributed by atoms with Gasteiger partial charge < -0.3 is 11.1 Å². The molecule has 7 rings (SSSR count). The van der Waals surface area contributed by atoms with Crippen molar-refractivity contribution in [3.63, 3.8) is 0 Å². The summed E-state index contributed by atoms with van der Waals surface area (Å²) >= 11 is 0. The first-order chi connectivity index (χ1) is 21.7. The number of nitrogens with one attached hydrogen (secondary N) is 1. The highest BCUT2D eigenvalue weighted by Crippen LogP contribution is 2.39. The van der Waals surface area contributed by atoms with Gasteiger partial charge in [0.2, 0.25) is 0 Å². The van der Waals surface area contributed by atoms with E-state index in [2.05, 4.69) is 102 Å². The molecule has 0 spiro atoms. The Morgan fingerprint density at radius 2 is 1.23 bits per heavy atom. The Labute approximate surface area is 258 Å². The number of allylic oxidation sites excluding steroid dienone is 1. The van der Waals surface area contributed by atoms with Crippen molar-refractivity contribution in [2.75, 3.05) is 5.73 Å². The molecule has 6 aromatic rings. The van der Waals surface area contributed by atoms with Gasteiger partial charge in [-0.1, -0.05) is 146 Å². The number of anilines is 1. The molecule has 0 saturated heterocycles. The molecule has 3 N–H and O–H groups in total. The number of nitrogens with zero attached hydrogens (tertiary/aromatic N) is 2. The Kier molecular flexibility index (Phi) is 7.31. The van der Waals surface area contributed by atoms with Crippen molar-refractivity contribution >= 4 is 34.2 Å². The summed E-state index contributed by atoms with van der Waals surface area (Å²) in [4.78, 5) is 9.93. The van der Waals surface area contributed by atoms with Gasteiger partial charge in [-0.05, 0) is 51.6 Å². The summed E-state index contributed by atoms with van der Waals surface area (Å²) in [6.07, 6.45) is 3.86. The Hall–Kier alpha value is -5.74. The number of nitrogen functional groups attached to an aromatic ring is 1. The maximum absolute atomic E-state index is 6.40. The van der Waals surface area contributed by atoms with Gasteiger partial charge in [-0.3, -0.25) is 0 Å². The predicted molar refractivity (Wildman–Crippen MR) is 186 cm³/mol. The van der Waals surface area contributed by atoms with Gasteiger partial charge in [-0.2, -0.15) is 0 Å². The fourth-order valence-electron chi connectivity index (χ4n) is 5.88. The minimum absolute atomic E-state index is 0.264. The zero-order valence-corrected chi connectivity index (χ0v) is 24.5. The second-order valence-electron chi connectivity index (χ2n) is 10.8. The summed E-state index contributed by atoms with van der Waals surface area (Å²) in [6, 6.07) is 48.2. The number of aliphatic imine (C=N–C) groups is 2. The van der Waals surface area contributed by atoms with E-state index in [-0.39, 0.29) is 6.17 Å². The highest BCUT2D eigenvalue weighted by Gasteiger charge is 2.21. The first-order valence-electron chi connectivity index (χ1n) is 14.9. The first kappa shape index (κ1) is 27.1. The zero-order valence-electron chi connectivity index (χ0n) is 24.5. The van der Waals surface area contributed by atoms with Crippen LogP contribution in [0.2, 0.25) is 0 Å². The smallest absolute Gasteiger partial charge is 0.159 e. The molecule has 1 atom stereocenters. The van der Waals surface area contributed by atoms with E-state index < -0.39 is 0 Å². The number of rotatable bonds is 6. The van der Waals surface area contributed by atoms with E-state index in [9.17, 15) is 0 Å². The number of hydrogen-bond acceptors (Lipinski definition) is 4. The summed E-state index contributed by atoms with van der Waals surface area (Å²) in [6.45, 7) is 2.02. The number of fused-ring (bicyclic) bond motifs is 1. The lowest BCUT2D eigenvalue weighted by atomic mass is 9.89. The zero-order chi connectivity index (χ0) is 29.9. The molecule has 4 heteroatoms. The Balaban J connectivity index is 1.26. The van der Waals surface area contributed by atoms with Crippen LogP contribution in [0.1, 0.15) is 35.3 Å². The summed E-state index contributed by atoms with van der Waals surface area (Å²) in [7, 11) is 0. The molecule has 0 radical (unpaired) electrons. The molecular formula is C40H32N4. The van der Waals surface area contributed by atoms with Crippen molar-refractivity contribution in [2.45, 2.75) is 13.1 Å². The lowest BCUT2D eigenvalue weighted by Gasteiger charge is -2.24. The summed E-state index contributed by atoms with van der Waals surface area (Å²) in [5.74, 6) is 1.53. The maximum atomic E-state index is 6.40. The monoisotopic (exact) mass is 568 g/mol. The second kappa shape index (κ2) is 11.9. The molecular weight excluding hydrogens is 536 g/mol. The molecule has 0 fully saturated rings. The topological polar surface area (TPSA) is 62.8 Å². The molecule has 0 bridgehead atoms. The van der Waals surface area contributed by atoms with Crippen molar-refractivity contribution < 1.29 is 0 Å². The van der Waals surface area contributed by atoms with Gasteiger partial charge in [0.15, 0.2) is 5.84 Å². The lowest BCUT2D eigenvalue weighted by molar-refractivity contribution is 0.674. The van der Waals surface area contributed by atoms with Crippen molar-refractivity contribution in [2.24, 2.45) is 9.98 Å². The molecule has 44 heavy (non-hydrogen) atoms. The van der Waals surface area contributed by atoms with Crippen LogP contribution in [0.3, 0.4) is 0 Å². The lowest BCUT2D eigenvalue weighted by Crippen LogP contribution is -2.33. The van der Waals surface area contributed by atoms with Crippen LogP contribution in [-0.2, 0) is 0 Å². The molecule has 0 amide bonds. The third kappa shape index (κ3) is 5.18. The molecule has 1 unspecified atom stereocenters. The number of nitrogens with two attached hydrogens (primary N) is 1. The van der Waals surface area contributed by atoms with Crippen molar-refractivity contribution in [1.82, 2.24) is 5.32 Å². The van der Waals surface area contributed by atoms with E-state index in [1.807, 2.05) is 61.5 Å². The third-order valence-corrected chi connectivity index (χ3v) is 8.05. The van der Waals surface area contributed by atoms with Gasteiger partial charge >= 0.3 is 0 Å². The van der Waals surface area contributed by atoms with Crippen LogP contribution in [0.25, 0.3) is 39.1 Å². The quantitative estimate of drug-likeness (QED) is 0.197. The van der Waals surface area contributed by atoms with Gasteiger partial charge in [0.1, 0.15) is 12.0 Å². The fourth-order valence-corrected chi connectivity index (χ4v) is 5.88. The normalized spacial score (nSPS) is 14.7. The Morgan fingerprint density at radius 3 is 1.93 bits per heavy atom. The molecule has 4 nitrogen and oxygen atoms in total. The van der Waals surface area contributed by atoms with E-state index in [4.69, 9.17) is 15.7 Å². The number of hydrogen-bond donors (Lipinski definition) is 2. The summed E-state index contributed by atoms with van der Waals surface area (Å²) in [5, 5.41) is 5.96. The largest absolute Gasteiger partial charge is 0.398 e. The maximum Gasteiger partial charge on any atom is 0.159 e. The summed E-state index contributed by atoms with van der Waals surface area (Å²) in [5.41, 5.74) is 16.0. The number of amidine groups is 2. The predicted octanol–water partition coefficient (Wildman–Crippen LogP) is 9.28. The van der Waals surface area contributed by atoms with Crippen molar-refractivity contribution in [3.05, 3.63) is 168 Å². The van der Waals surface area contributed by atoms with Crippen LogP contribution in [0.4, 0.5) is 5.69 Å². The van der Waals surface area contributed by atoms with Gasteiger partial charge in [0, 0.05) is 22.4 Å². The van der Waals surface area contributed by atoms with Crippen LogP contribution >= 0.6 is 0 Å². The third-order valence-electron chi connectivity index (χ3n) is 8.05. The van der Waals surface area contributed by atoms with E-state index in [0.29, 0.717) is 0 Å². The average Bonchev–Trinajstić information content (AvgIpc) is 3.09. The molecule has 0 saturated carbocycles. The highest BCUT2D eigenvalue weighted by molar-refractivity contribution is 6.13. The Morgan fingerprint density at radius 1 is 0.591 bits per heavy atom. The van der Waals surface area contributed by atoms with Gasteiger partial charge in [0.25, 0.3) is 0 Å². The van der Waals surface area contributed by atoms with E-state index in [0.717, 1.165) is 50.7 Å². The van der Waals surface area contributed by atoms with Gasteiger partial charge in [-0.25, -0.2) is 9.98 Å². The first-order valence-corrected chi connectivity index (χ1v) is 14.9. The van der Waals surface area contributed by atoms with Crippen LogP contribution in [0, 0.1) is 0 Å².